The van der Waals surface area contributed by atoms with E-state index in [9.17, 15) is 5.11 Å². The zero-order chi connectivity index (χ0) is 16.9. The number of hydrogen-bond acceptors (Lipinski definition) is 2. The van der Waals surface area contributed by atoms with Crippen molar-refractivity contribution < 1.29 is 9.84 Å². The maximum atomic E-state index is 9.57. The summed E-state index contributed by atoms with van der Waals surface area (Å²) in [6.45, 7) is 9.25. The molecule has 1 N–H and O–H groups in total. The molecule has 130 valence electrons. The molecule has 2 atom stereocenters. The smallest absolute Gasteiger partial charge is 0.123 e. The van der Waals surface area contributed by atoms with E-state index in [0.717, 1.165) is 42.4 Å². The van der Waals surface area contributed by atoms with Gasteiger partial charge >= 0.3 is 0 Å². The fourth-order valence-corrected chi connectivity index (χ4v) is 3.60. The van der Waals surface area contributed by atoms with Gasteiger partial charge in [0.25, 0.3) is 0 Å². The molecule has 0 fully saturated rings. The Hall–Kier alpha value is -1.18. The Morgan fingerprint density at radius 1 is 1.13 bits per heavy atom. The zero-order valence-corrected chi connectivity index (χ0v) is 15.4. The lowest BCUT2D eigenvalue weighted by Crippen LogP contribution is -2.36. The number of benzene rings is 1. The molecule has 23 heavy (non-hydrogen) atoms. The second-order valence-corrected chi connectivity index (χ2v) is 8.17. The van der Waals surface area contributed by atoms with Gasteiger partial charge in [-0.3, -0.25) is 0 Å². The molecule has 2 unspecified atom stereocenters. The molecule has 0 radical (unpaired) electrons. The van der Waals surface area contributed by atoms with Gasteiger partial charge in [0.05, 0.1) is 0 Å². The van der Waals surface area contributed by atoms with E-state index in [1.807, 2.05) is 12.1 Å². The van der Waals surface area contributed by atoms with Gasteiger partial charge in [-0.25, -0.2) is 0 Å². The first-order chi connectivity index (χ1) is 10.9. The lowest BCUT2D eigenvalue weighted by molar-refractivity contribution is 0.0523. The van der Waals surface area contributed by atoms with Gasteiger partial charge in [0, 0.05) is 0 Å². The number of phenolic OH excluding ortho intramolecular Hbond substituents is 1. The normalized spacial score (nSPS) is 21.8. The lowest BCUT2D eigenvalue weighted by Gasteiger charge is -2.36. The SMILES string of the molecule is CC(C)CCCC(C)CCCC1(C)CCc2cc(O)ccc2O1. The van der Waals surface area contributed by atoms with Crippen LogP contribution in [0.15, 0.2) is 18.2 Å². The van der Waals surface area contributed by atoms with Crippen molar-refractivity contribution in [3.05, 3.63) is 23.8 Å². The second-order valence-electron chi connectivity index (χ2n) is 8.17. The van der Waals surface area contributed by atoms with Gasteiger partial charge in [0.15, 0.2) is 0 Å². The molecule has 1 aromatic rings. The van der Waals surface area contributed by atoms with E-state index in [2.05, 4.69) is 27.7 Å². The molecule has 0 spiro atoms. The first-order valence-electron chi connectivity index (χ1n) is 9.39. The third kappa shape index (κ3) is 5.75. The molecule has 0 aromatic heterocycles. The van der Waals surface area contributed by atoms with Gasteiger partial charge in [-0.1, -0.05) is 46.5 Å². The molecule has 0 aliphatic carbocycles. The van der Waals surface area contributed by atoms with Crippen molar-refractivity contribution in [2.75, 3.05) is 0 Å². The van der Waals surface area contributed by atoms with E-state index in [-0.39, 0.29) is 5.60 Å². The quantitative estimate of drug-likeness (QED) is 0.626. The van der Waals surface area contributed by atoms with Crippen molar-refractivity contribution in [1.29, 1.82) is 0 Å². The summed E-state index contributed by atoms with van der Waals surface area (Å²) in [6.07, 6.45) is 9.81. The summed E-state index contributed by atoms with van der Waals surface area (Å²) in [5.41, 5.74) is 1.10. The van der Waals surface area contributed by atoms with E-state index < -0.39 is 0 Å². The zero-order valence-electron chi connectivity index (χ0n) is 15.4. The van der Waals surface area contributed by atoms with Crippen LogP contribution >= 0.6 is 0 Å². The van der Waals surface area contributed by atoms with Crippen LogP contribution in [0.2, 0.25) is 0 Å². The van der Waals surface area contributed by atoms with E-state index in [0.29, 0.717) is 5.75 Å². The molecule has 1 heterocycles. The number of fused-ring (bicyclic) bond motifs is 1. The van der Waals surface area contributed by atoms with Gasteiger partial charge in [0.1, 0.15) is 17.1 Å². The summed E-state index contributed by atoms with van der Waals surface area (Å²) in [7, 11) is 0. The fourth-order valence-electron chi connectivity index (χ4n) is 3.60. The average Bonchev–Trinajstić information content (AvgIpc) is 2.47. The van der Waals surface area contributed by atoms with Crippen molar-refractivity contribution in [2.24, 2.45) is 11.8 Å². The number of phenols is 1. The highest BCUT2D eigenvalue weighted by Crippen LogP contribution is 2.37. The van der Waals surface area contributed by atoms with Crippen molar-refractivity contribution in [3.63, 3.8) is 0 Å². The maximum Gasteiger partial charge on any atom is 0.123 e. The summed E-state index contributed by atoms with van der Waals surface area (Å²) < 4.78 is 6.26. The summed E-state index contributed by atoms with van der Waals surface area (Å²) in [6, 6.07) is 5.48. The third-order valence-corrected chi connectivity index (χ3v) is 5.20. The van der Waals surface area contributed by atoms with Gasteiger partial charge in [-0.15, -0.1) is 0 Å². The van der Waals surface area contributed by atoms with E-state index in [1.165, 1.54) is 32.1 Å². The van der Waals surface area contributed by atoms with E-state index in [4.69, 9.17) is 4.74 Å². The largest absolute Gasteiger partial charge is 0.508 e. The summed E-state index contributed by atoms with van der Waals surface area (Å²) >= 11 is 0. The van der Waals surface area contributed by atoms with Crippen molar-refractivity contribution in [3.8, 4) is 11.5 Å². The highest BCUT2D eigenvalue weighted by Gasteiger charge is 2.31. The molecular weight excluding hydrogens is 284 g/mol. The first-order valence-corrected chi connectivity index (χ1v) is 9.39. The lowest BCUT2D eigenvalue weighted by atomic mass is 9.86. The van der Waals surface area contributed by atoms with Crippen molar-refractivity contribution >= 4 is 0 Å². The second kappa shape index (κ2) is 8.08. The minimum Gasteiger partial charge on any atom is -0.508 e. The molecule has 1 aliphatic heterocycles. The molecule has 2 heteroatoms. The first kappa shape index (κ1) is 18.2. The number of aromatic hydroxyl groups is 1. The fraction of sp³-hybridized carbons (Fsp3) is 0.714. The van der Waals surface area contributed by atoms with Crippen molar-refractivity contribution in [1.82, 2.24) is 0 Å². The van der Waals surface area contributed by atoms with Gasteiger partial charge in [-0.05, 0) is 68.2 Å². The Bertz CT molecular complexity index is 495. The van der Waals surface area contributed by atoms with Crippen LogP contribution in [0.25, 0.3) is 0 Å². The highest BCUT2D eigenvalue weighted by molar-refractivity contribution is 5.41. The standard InChI is InChI=1S/C21H34O2/c1-16(2)7-5-8-17(3)9-6-13-21(4)14-12-18-15-19(22)10-11-20(18)23-21/h10-11,15-17,22H,5-9,12-14H2,1-4H3. The Labute approximate surface area is 142 Å². The summed E-state index contributed by atoms with van der Waals surface area (Å²) in [4.78, 5) is 0. The summed E-state index contributed by atoms with van der Waals surface area (Å²) in [5, 5.41) is 9.57. The highest BCUT2D eigenvalue weighted by atomic mass is 16.5. The van der Waals surface area contributed by atoms with Crippen LogP contribution in [0.5, 0.6) is 11.5 Å². The van der Waals surface area contributed by atoms with Gasteiger partial charge in [-0.2, -0.15) is 0 Å². The molecule has 2 nitrogen and oxygen atoms in total. The maximum absolute atomic E-state index is 9.57. The molecule has 0 saturated heterocycles. The number of rotatable bonds is 8. The van der Waals surface area contributed by atoms with Crippen LogP contribution < -0.4 is 4.74 Å². The van der Waals surface area contributed by atoms with E-state index >= 15 is 0 Å². The molecule has 0 amide bonds. The number of aryl methyl sites for hydroxylation is 1. The van der Waals surface area contributed by atoms with Gasteiger partial charge < -0.3 is 9.84 Å². The van der Waals surface area contributed by atoms with Crippen molar-refractivity contribution in [2.45, 2.75) is 84.7 Å². The predicted molar refractivity (Wildman–Crippen MR) is 97.2 cm³/mol. The topological polar surface area (TPSA) is 29.5 Å². The molecule has 1 aliphatic rings. The minimum absolute atomic E-state index is 0.0401. The Balaban J connectivity index is 1.74. The average molecular weight is 319 g/mol. The molecule has 0 saturated carbocycles. The van der Waals surface area contributed by atoms with Crippen LogP contribution in [0.4, 0.5) is 0 Å². The Morgan fingerprint density at radius 2 is 1.87 bits per heavy atom. The predicted octanol–water partition coefficient (Wildman–Crippen LogP) is 6.11. The minimum atomic E-state index is -0.0401. The molecule has 2 rings (SSSR count). The molecule has 0 bridgehead atoms. The molecule has 1 aromatic carbocycles. The number of ether oxygens (including phenoxy) is 1. The van der Waals surface area contributed by atoms with Crippen LogP contribution in [-0.2, 0) is 6.42 Å². The Morgan fingerprint density at radius 3 is 2.61 bits per heavy atom. The van der Waals surface area contributed by atoms with Crippen LogP contribution in [0, 0.1) is 11.8 Å². The van der Waals surface area contributed by atoms with Crippen LogP contribution in [-0.4, -0.2) is 10.7 Å². The summed E-state index contributed by atoms with van der Waals surface area (Å²) in [5.74, 6) is 2.95. The monoisotopic (exact) mass is 318 g/mol. The number of hydrogen-bond donors (Lipinski definition) is 1. The van der Waals surface area contributed by atoms with E-state index in [1.54, 1.807) is 6.07 Å². The van der Waals surface area contributed by atoms with Crippen LogP contribution in [0.1, 0.15) is 78.2 Å². The van der Waals surface area contributed by atoms with Gasteiger partial charge in [0.2, 0.25) is 0 Å². The third-order valence-electron chi connectivity index (χ3n) is 5.20. The molecular formula is C21H34O2. The Kier molecular flexibility index (Phi) is 6.38. The van der Waals surface area contributed by atoms with Crippen LogP contribution in [0.3, 0.4) is 0 Å².